The lowest BCUT2D eigenvalue weighted by Gasteiger charge is -2.05. The van der Waals surface area contributed by atoms with Crippen molar-refractivity contribution < 1.29 is 4.79 Å². The van der Waals surface area contributed by atoms with Gasteiger partial charge in [-0.2, -0.15) is 5.26 Å². The summed E-state index contributed by atoms with van der Waals surface area (Å²) < 4.78 is 0.762. The van der Waals surface area contributed by atoms with Gasteiger partial charge in [-0.05, 0) is 35.7 Å². The van der Waals surface area contributed by atoms with Gasteiger partial charge in [-0.3, -0.25) is 4.79 Å². The summed E-state index contributed by atoms with van der Waals surface area (Å²) >= 11 is 15.0. The number of nitrogens with zero attached hydrogens (tertiary/aromatic N) is 3. The summed E-state index contributed by atoms with van der Waals surface area (Å²) in [6.07, 6.45) is 0.762. The molecule has 0 saturated heterocycles. The van der Waals surface area contributed by atoms with E-state index in [9.17, 15) is 4.79 Å². The fraction of sp³-hybridized carbons (Fsp3) is 0.158. The number of hydrogen-bond donors (Lipinski definition) is 1. The van der Waals surface area contributed by atoms with Gasteiger partial charge in [0.15, 0.2) is 4.34 Å². The topological polar surface area (TPSA) is 78.7 Å². The molecule has 0 bridgehead atoms. The van der Waals surface area contributed by atoms with E-state index in [2.05, 4.69) is 21.6 Å². The van der Waals surface area contributed by atoms with Gasteiger partial charge in [-0.15, -0.1) is 10.2 Å². The van der Waals surface area contributed by atoms with Crippen molar-refractivity contribution >= 4 is 57.3 Å². The second-order valence-corrected chi connectivity index (χ2v) is 8.72. The van der Waals surface area contributed by atoms with Crippen molar-refractivity contribution in [1.82, 2.24) is 10.2 Å². The van der Waals surface area contributed by atoms with E-state index in [1.807, 2.05) is 24.3 Å². The molecule has 3 aromatic rings. The van der Waals surface area contributed by atoms with E-state index in [1.54, 1.807) is 18.2 Å². The summed E-state index contributed by atoms with van der Waals surface area (Å²) in [6, 6.07) is 14.9. The van der Waals surface area contributed by atoms with Gasteiger partial charge in [-0.1, -0.05) is 70.6 Å². The Morgan fingerprint density at radius 3 is 2.71 bits per heavy atom. The van der Waals surface area contributed by atoms with Crippen molar-refractivity contribution in [2.45, 2.75) is 22.9 Å². The van der Waals surface area contributed by atoms with E-state index < -0.39 is 0 Å². The Hall–Kier alpha value is -2.11. The number of anilines is 1. The van der Waals surface area contributed by atoms with Crippen molar-refractivity contribution in [1.29, 1.82) is 5.26 Å². The van der Waals surface area contributed by atoms with Crippen LogP contribution in [0.3, 0.4) is 0 Å². The molecule has 0 unspecified atom stereocenters. The number of hydrogen-bond acceptors (Lipinski definition) is 6. The molecule has 2 aromatic carbocycles. The van der Waals surface area contributed by atoms with Crippen LogP contribution in [0.15, 0.2) is 46.8 Å². The molecule has 3 rings (SSSR count). The Bertz CT molecular complexity index is 1020. The van der Waals surface area contributed by atoms with Crippen LogP contribution in [-0.2, 0) is 17.0 Å². The predicted molar refractivity (Wildman–Crippen MR) is 114 cm³/mol. The van der Waals surface area contributed by atoms with Crippen LogP contribution < -0.4 is 5.32 Å². The molecule has 5 nitrogen and oxygen atoms in total. The highest BCUT2D eigenvalue weighted by Crippen LogP contribution is 2.29. The van der Waals surface area contributed by atoms with Crippen molar-refractivity contribution in [3.8, 4) is 6.07 Å². The predicted octanol–water partition coefficient (Wildman–Crippen LogP) is 5.58. The molecule has 1 heterocycles. The highest BCUT2D eigenvalue weighted by molar-refractivity contribution is 8.00. The molecule has 0 radical (unpaired) electrons. The maximum absolute atomic E-state index is 12.1. The van der Waals surface area contributed by atoms with Gasteiger partial charge in [-0.25, -0.2) is 0 Å². The number of carbonyl (C=O) groups excluding carboxylic acids is 1. The van der Waals surface area contributed by atoms with Gasteiger partial charge >= 0.3 is 0 Å². The number of carbonyl (C=O) groups is 1. The highest BCUT2D eigenvalue weighted by atomic mass is 35.5. The minimum absolute atomic E-state index is 0.157. The number of amides is 1. The van der Waals surface area contributed by atoms with Gasteiger partial charge in [0.1, 0.15) is 0 Å². The lowest BCUT2D eigenvalue weighted by Crippen LogP contribution is -2.12. The molecule has 0 aliphatic heterocycles. The Labute approximate surface area is 180 Å². The third-order valence-corrected chi connectivity index (χ3v) is 6.65. The van der Waals surface area contributed by atoms with Gasteiger partial charge in [0.25, 0.3) is 0 Å². The molecule has 0 fully saturated rings. The van der Waals surface area contributed by atoms with Crippen LogP contribution in [0.5, 0.6) is 0 Å². The van der Waals surface area contributed by atoms with Gasteiger partial charge in [0, 0.05) is 12.2 Å². The van der Waals surface area contributed by atoms with Crippen molar-refractivity contribution in [2.75, 3.05) is 5.32 Å². The fourth-order valence-corrected chi connectivity index (χ4v) is 4.45. The van der Waals surface area contributed by atoms with Gasteiger partial charge in [0.2, 0.25) is 11.0 Å². The summed E-state index contributed by atoms with van der Waals surface area (Å²) in [5.41, 5.74) is 2.55. The molecule has 1 N–H and O–H groups in total. The maximum atomic E-state index is 12.1. The molecule has 0 saturated carbocycles. The largest absolute Gasteiger partial charge is 0.300 e. The molecule has 0 atom stereocenters. The normalized spacial score (nSPS) is 10.5. The van der Waals surface area contributed by atoms with Crippen LogP contribution in [0.25, 0.3) is 0 Å². The summed E-state index contributed by atoms with van der Waals surface area (Å²) in [4.78, 5) is 12.1. The Morgan fingerprint density at radius 2 is 1.96 bits per heavy atom. The number of aromatic nitrogens is 2. The molecule has 28 heavy (non-hydrogen) atoms. The number of aryl methyl sites for hydroxylation is 1. The number of halogens is 2. The van der Waals surface area contributed by atoms with Crippen molar-refractivity contribution in [3.63, 3.8) is 0 Å². The second kappa shape index (κ2) is 9.89. The lowest BCUT2D eigenvalue weighted by atomic mass is 10.1. The van der Waals surface area contributed by atoms with Crippen LogP contribution in [-0.4, -0.2) is 16.1 Å². The molecule has 0 aliphatic carbocycles. The molecule has 142 valence electrons. The zero-order valence-corrected chi connectivity index (χ0v) is 17.6. The molecule has 1 amide bonds. The summed E-state index contributed by atoms with van der Waals surface area (Å²) in [5, 5.41) is 21.1. The molecule has 1 aromatic heterocycles. The SMILES string of the molecule is N#Cc1ccc(CSc2nnc(NC(=O)CCc3cccc(Cl)c3Cl)s2)cc1. The summed E-state index contributed by atoms with van der Waals surface area (Å²) in [5.74, 6) is 0.553. The second-order valence-electron chi connectivity index (χ2n) is 5.73. The van der Waals surface area contributed by atoms with E-state index >= 15 is 0 Å². The molecular weight excluding hydrogens is 435 g/mol. The monoisotopic (exact) mass is 448 g/mol. The van der Waals surface area contributed by atoms with Crippen molar-refractivity contribution in [3.05, 3.63) is 69.2 Å². The van der Waals surface area contributed by atoms with E-state index in [1.165, 1.54) is 23.1 Å². The fourth-order valence-electron chi connectivity index (χ4n) is 2.31. The average molecular weight is 449 g/mol. The number of benzene rings is 2. The van der Waals surface area contributed by atoms with Crippen LogP contribution in [0.4, 0.5) is 5.13 Å². The van der Waals surface area contributed by atoms with Crippen LogP contribution >= 0.6 is 46.3 Å². The molecular formula is C19H14Cl2N4OS2. The summed E-state index contributed by atoms with van der Waals surface area (Å²) in [7, 11) is 0. The standard InChI is InChI=1S/C19H14Cl2N4OS2/c20-15-3-1-2-14(17(15)21)8-9-16(26)23-18-24-25-19(28-18)27-11-13-6-4-12(10-22)5-7-13/h1-7H,8-9,11H2,(H,23,24,26). The minimum Gasteiger partial charge on any atom is -0.300 e. The number of thioether (sulfide) groups is 1. The Balaban J connectivity index is 1.48. The number of rotatable bonds is 7. The first-order valence-corrected chi connectivity index (χ1v) is 10.8. The Kier molecular flexibility index (Phi) is 7.29. The maximum Gasteiger partial charge on any atom is 0.226 e. The smallest absolute Gasteiger partial charge is 0.226 e. The first kappa shape index (κ1) is 20.6. The van der Waals surface area contributed by atoms with E-state index in [4.69, 9.17) is 28.5 Å². The zero-order valence-electron chi connectivity index (χ0n) is 14.5. The highest BCUT2D eigenvalue weighted by Gasteiger charge is 2.11. The van der Waals surface area contributed by atoms with Crippen molar-refractivity contribution in [2.24, 2.45) is 0 Å². The van der Waals surface area contributed by atoms with Gasteiger partial charge < -0.3 is 5.32 Å². The third-order valence-electron chi connectivity index (χ3n) is 3.75. The van der Waals surface area contributed by atoms with E-state index in [-0.39, 0.29) is 12.3 Å². The summed E-state index contributed by atoms with van der Waals surface area (Å²) in [6.45, 7) is 0. The molecule has 9 heteroatoms. The van der Waals surface area contributed by atoms with Crippen LogP contribution in [0, 0.1) is 11.3 Å². The lowest BCUT2D eigenvalue weighted by molar-refractivity contribution is -0.116. The molecule has 0 spiro atoms. The average Bonchev–Trinajstić information content (AvgIpc) is 3.15. The molecule has 0 aliphatic rings. The van der Waals surface area contributed by atoms with E-state index in [0.29, 0.717) is 32.9 Å². The quantitative estimate of drug-likeness (QED) is 0.376. The Morgan fingerprint density at radius 1 is 1.18 bits per heavy atom. The van der Waals surface area contributed by atoms with Crippen LogP contribution in [0.1, 0.15) is 23.1 Å². The number of nitrogens with one attached hydrogen (secondary N) is 1. The number of nitriles is 1. The van der Waals surface area contributed by atoms with Crippen LogP contribution in [0.2, 0.25) is 10.0 Å². The first-order chi connectivity index (χ1) is 13.5. The minimum atomic E-state index is -0.157. The zero-order chi connectivity index (χ0) is 19.9. The third kappa shape index (κ3) is 5.69. The van der Waals surface area contributed by atoms with Gasteiger partial charge in [0.05, 0.1) is 21.7 Å². The first-order valence-electron chi connectivity index (χ1n) is 8.23. The van der Waals surface area contributed by atoms with E-state index in [0.717, 1.165) is 15.5 Å².